The largest absolute Gasteiger partial charge is 0.400 e. The van der Waals surface area contributed by atoms with Crippen LogP contribution in [0.4, 0.5) is 5.69 Å². The molecule has 7 heteroatoms. The van der Waals surface area contributed by atoms with E-state index in [-0.39, 0.29) is 6.23 Å². The number of ketones is 1. The number of unbranched alkanes of at least 4 members (excludes halogenated alkanes) is 1. The second-order valence-corrected chi connectivity index (χ2v) is 12.7. The van der Waals surface area contributed by atoms with Crippen LogP contribution in [0.15, 0.2) is 16.6 Å². The first-order valence-electron chi connectivity index (χ1n) is 9.03. The molecule has 0 radical (unpaired) electrons. The summed E-state index contributed by atoms with van der Waals surface area (Å²) in [5.41, 5.74) is 1.44. The average molecular weight is 552 g/mol. The molecule has 1 aromatic rings. The van der Waals surface area contributed by atoms with E-state index < -0.39 is 20.7 Å². The number of amides is 1. The standard InChI is InChI=1S/C19H27BrINO3Si/c1-19(2,3)9-7-6-8-15(25-26(4)5)22-14-11-12(21)10-13(20)16(14)17(23)18(22)24/h10-11,15,26H,6-9H2,1-5H3. The Bertz CT molecular complexity index is 703. The zero-order chi connectivity index (χ0) is 19.6. The van der Waals surface area contributed by atoms with Crippen molar-refractivity contribution in [2.24, 2.45) is 5.41 Å². The third-order valence-electron chi connectivity index (χ3n) is 4.28. The molecule has 1 aliphatic rings. The van der Waals surface area contributed by atoms with Crippen molar-refractivity contribution in [3.05, 3.63) is 25.7 Å². The molecular formula is C19H27BrINO3Si. The number of hydrogen-bond acceptors (Lipinski definition) is 3. The Morgan fingerprint density at radius 1 is 1.23 bits per heavy atom. The fourth-order valence-electron chi connectivity index (χ4n) is 3.13. The molecule has 1 atom stereocenters. The zero-order valence-electron chi connectivity index (χ0n) is 16.1. The van der Waals surface area contributed by atoms with Gasteiger partial charge in [0.2, 0.25) is 0 Å². The number of rotatable bonds is 7. The summed E-state index contributed by atoms with van der Waals surface area (Å²) in [5.74, 6) is -0.921. The Morgan fingerprint density at radius 2 is 1.88 bits per heavy atom. The van der Waals surface area contributed by atoms with E-state index in [2.05, 4.69) is 72.4 Å². The van der Waals surface area contributed by atoms with Crippen LogP contribution in [-0.2, 0) is 9.22 Å². The molecule has 0 saturated heterocycles. The van der Waals surface area contributed by atoms with E-state index in [1.54, 1.807) is 4.90 Å². The van der Waals surface area contributed by atoms with Crippen LogP contribution >= 0.6 is 38.5 Å². The summed E-state index contributed by atoms with van der Waals surface area (Å²) in [5, 5.41) is 0. The fraction of sp³-hybridized carbons (Fsp3) is 0.579. The van der Waals surface area contributed by atoms with Gasteiger partial charge >= 0.3 is 5.91 Å². The van der Waals surface area contributed by atoms with Crippen molar-refractivity contribution < 1.29 is 14.0 Å². The van der Waals surface area contributed by atoms with Gasteiger partial charge in [-0.15, -0.1) is 0 Å². The zero-order valence-corrected chi connectivity index (χ0v) is 21.0. The summed E-state index contributed by atoms with van der Waals surface area (Å²) in [6.07, 6.45) is 3.59. The molecule has 26 heavy (non-hydrogen) atoms. The lowest BCUT2D eigenvalue weighted by atomic mass is 9.89. The van der Waals surface area contributed by atoms with Gasteiger partial charge in [0.05, 0.1) is 11.3 Å². The van der Waals surface area contributed by atoms with Crippen LogP contribution in [-0.4, -0.2) is 27.0 Å². The molecule has 0 N–H and O–H groups in total. The van der Waals surface area contributed by atoms with Gasteiger partial charge in [-0.2, -0.15) is 0 Å². The van der Waals surface area contributed by atoms with Crippen LogP contribution in [0.3, 0.4) is 0 Å². The summed E-state index contributed by atoms with van der Waals surface area (Å²) in [6, 6.07) is 3.77. The molecule has 0 bridgehead atoms. The summed E-state index contributed by atoms with van der Waals surface area (Å²) >= 11 is 5.65. The van der Waals surface area contributed by atoms with E-state index in [0.717, 1.165) is 29.3 Å². The minimum atomic E-state index is -1.37. The molecule has 1 unspecified atom stereocenters. The van der Waals surface area contributed by atoms with Crippen molar-refractivity contribution in [1.82, 2.24) is 0 Å². The first kappa shape index (κ1) is 22.0. The SMILES string of the molecule is C[SiH](C)OC(CCCCC(C)(C)C)N1C(=O)C(=O)c2c(Br)cc(I)cc21. The number of carbonyl (C=O) groups is 2. The number of hydrogen-bond donors (Lipinski definition) is 0. The molecule has 0 aromatic heterocycles. The van der Waals surface area contributed by atoms with Gasteiger partial charge in [-0.1, -0.05) is 27.2 Å². The molecule has 1 amide bonds. The molecule has 2 rings (SSSR count). The van der Waals surface area contributed by atoms with Crippen LogP contribution in [0.5, 0.6) is 0 Å². The first-order chi connectivity index (χ1) is 12.0. The van der Waals surface area contributed by atoms with Crippen molar-refractivity contribution in [2.45, 2.75) is 65.8 Å². The highest BCUT2D eigenvalue weighted by atomic mass is 127. The lowest BCUT2D eigenvalue weighted by Gasteiger charge is -2.30. The van der Waals surface area contributed by atoms with Gasteiger partial charge in [0.15, 0.2) is 9.04 Å². The molecule has 1 aromatic carbocycles. The number of nitrogens with zero attached hydrogens (tertiary/aromatic N) is 1. The first-order valence-corrected chi connectivity index (χ1v) is 13.7. The maximum Gasteiger partial charge on any atom is 0.301 e. The normalized spacial score (nSPS) is 15.8. The maximum atomic E-state index is 12.7. The number of benzene rings is 1. The quantitative estimate of drug-likeness (QED) is 0.194. The van der Waals surface area contributed by atoms with Gasteiger partial charge in [-0.05, 0) is 88.4 Å². The lowest BCUT2D eigenvalue weighted by Crippen LogP contribution is -2.43. The second kappa shape index (κ2) is 8.83. The van der Waals surface area contributed by atoms with Gasteiger partial charge in [0, 0.05) is 8.04 Å². The van der Waals surface area contributed by atoms with Crippen LogP contribution < -0.4 is 4.90 Å². The van der Waals surface area contributed by atoms with E-state index in [9.17, 15) is 9.59 Å². The third kappa shape index (κ3) is 5.39. The van der Waals surface area contributed by atoms with Gasteiger partial charge < -0.3 is 4.43 Å². The Labute approximate surface area is 180 Å². The third-order valence-corrected chi connectivity index (χ3v) is 6.39. The molecule has 0 spiro atoms. The van der Waals surface area contributed by atoms with Crippen LogP contribution in [0.25, 0.3) is 0 Å². The molecule has 1 aliphatic heterocycles. The van der Waals surface area contributed by atoms with E-state index in [4.69, 9.17) is 4.43 Å². The van der Waals surface area contributed by atoms with Gasteiger partial charge in [-0.3, -0.25) is 14.5 Å². The van der Waals surface area contributed by atoms with Gasteiger partial charge in [0.1, 0.15) is 6.23 Å². The minimum absolute atomic E-state index is 0.302. The molecule has 1 heterocycles. The Hall–Kier alpha value is -0.253. The molecule has 144 valence electrons. The fourth-order valence-corrected chi connectivity index (χ4v) is 5.68. The smallest absolute Gasteiger partial charge is 0.301 e. The van der Waals surface area contributed by atoms with Gasteiger partial charge in [-0.25, -0.2) is 0 Å². The summed E-state index contributed by atoms with van der Waals surface area (Å²) < 4.78 is 7.85. The molecular weight excluding hydrogens is 525 g/mol. The highest BCUT2D eigenvalue weighted by Gasteiger charge is 2.41. The summed E-state index contributed by atoms with van der Waals surface area (Å²) in [6.45, 7) is 10.9. The van der Waals surface area contributed by atoms with E-state index in [1.165, 1.54) is 0 Å². The van der Waals surface area contributed by atoms with Crippen LogP contribution in [0, 0.1) is 8.99 Å². The van der Waals surface area contributed by atoms with Crippen molar-refractivity contribution in [3.8, 4) is 0 Å². The molecule has 0 fully saturated rings. The predicted octanol–water partition coefficient (Wildman–Crippen LogP) is 5.52. The number of fused-ring (bicyclic) bond motifs is 1. The molecule has 4 nitrogen and oxygen atoms in total. The maximum absolute atomic E-state index is 12.7. The van der Waals surface area contributed by atoms with Crippen molar-refractivity contribution in [2.75, 3.05) is 4.90 Å². The van der Waals surface area contributed by atoms with Crippen molar-refractivity contribution >= 4 is 64.9 Å². The summed E-state index contributed by atoms with van der Waals surface area (Å²) in [7, 11) is -1.37. The number of anilines is 1. The van der Waals surface area contributed by atoms with E-state index >= 15 is 0 Å². The lowest BCUT2D eigenvalue weighted by molar-refractivity contribution is -0.115. The van der Waals surface area contributed by atoms with Crippen molar-refractivity contribution in [3.63, 3.8) is 0 Å². The number of Topliss-reactive ketones (excluding diaryl/α,β-unsaturated/α-hetero) is 1. The minimum Gasteiger partial charge on any atom is -0.400 e. The Balaban J connectivity index is 2.25. The Morgan fingerprint density at radius 3 is 2.46 bits per heavy atom. The highest BCUT2D eigenvalue weighted by molar-refractivity contribution is 14.1. The number of halogens is 2. The van der Waals surface area contributed by atoms with E-state index in [1.807, 2.05) is 12.1 Å². The summed E-state index contributed by atoms with van der Waals surface area (Å²) in [4.78, 5) is 26.8. The van der Waals surface area contributed by atoms with Crippen LogP contribution in [0.1, 0.15) is 56.8 Å². The van der Waals surface area contributed by atoms with Crippen molar-refractivity contribution in [1.29, 1.82) is 0 Å². The van der Waals surface area contributed by atoms with Crippen LogP contribution in [0.2, 0.25) is 13.1 Å². The monoisotopic (exact) mass is 551 g/mol. The van der Waals surface area contributed by atoms with Gasteiger partial charge in [0.25, 0.3) is 5.78 Å². The number of carbonyl (C=O) groups excluding carboxylic acids is 2. The topological polar surface area (TPSA) is 46.6 Å². The van der Waals surface area contributed by atoms with E-state index in [0.29, 0.717) is 21.1 Å². The average Bonchev–Trinajstić information content (AvgIpc) is 2.72. The Kier molecular flexibility index (Phi) is 7.49. The molecule has 0 saturated carbocycles. The second-order valence-electron chi connectivity index (χ2n) is 8.23. The predicted molar refractivity (Wildman–Crippen MR) is 120 cm³/mol. The highest BCUT2D eigenvalue weighted by Crippen LogP contribution is 2.38. The molecule has 0 aliphatic carbocycles.